The van der Waals surface area contributed by atoms with Gasteiger partial charge in [0.15, 0.2) is 11.6 Å². The second kappa shape index (κ2) is 6.69. The van der Waals surface area contributed by atoms with Gasteiger partial charge in [-0.25, -0.2) is 0 Å². The Kier molecular flexibility index (Phi) is 4.28. The van der Waals surface area contributed by atoms with Crippen molar-refractivity contribution in [3.05, 3.63) is 60.2 Å². The number of furan rings is 1. The molecule has 7 heteroatoms. The summed E-state index contributed by atoms with van der Waals surface area (Å²) in [4.78, 5) is 11.9. The van der Waals surface area contributed by atoms with Crippen LogP contribution in [0.1, 0.15) is 16.3 Å². The Morgan fingerprint density at radius 2 is 2.09 bits per heavy atom. The van der Waals surface area contributed by atoms with E-state index in [1.807, 2.05) is 18.2 Å². The summed E-state index contributed by atoms with van der Waals surface area (Å²) in [5.41, 5.74) is 0. The molecule has 2 heterocycles. The fraction of sp³-hybridized carbons (Fsp3) is 0.125. The first-order valence-electron chi connectivity index (χ1n) is 6.82. The molecule has 1 N–H and O–H groups in total. The van der Waals surface area contributed by atoms with E-state index in [-0.39, 0.29) is 12.4 Å². The molecule has 23 heavy (non-hydrogen) atoms. The average molecular weight is 314 g/mol. The minimum absolute atomic E-state index is 0.164. The molecule has 0 radical (unpaired) electrons. The molecule has 3 aromatic rings. The SMILES string of the molecule is COc1cccc(OCc2ccc(C(=O)Nc3ccon3)o2)c1. The molecule has 118 valence electrons. The number of anilines is 1. The van der Waals surface area contributed by atoms with Crippen LogP contribution in [0.4, 0.5) is 5.82 Å². The highest BCUT2D eigenvalue weighted by molar-refractivity contribution is 6.01. The van der Waals surface area contributed by atoms with Crippen LogP contribution in [0.3, 0.4) is 0 Å². The minimum atomic E-state index is -0.411. The van der Waals surface area contributed by atoms with Gasteiger partial charge in [0, 0.05) is 12.1 Å². The third-order valence-corrected chi connectivity index (χ3v) is 2.99. The van der Waals surface area contributed by atoms with Gasteiger partial charge in [-0.1, -0.05) is 11.2 Å². The molecule has 1 aromatic carbocycles. The third-order valence-electron chi connectivity index (χ3n) is 2.99. The zero-order valence-corrected chi connectivity index (χ0v) is 12.3. The summed E-state index contributed by atoms with van der Waals surface area (Å²) in [6.07, 6.45) is 1.37. The van der Waals surface area contributed by atoms with Crippen molar-refractivity contribution in [2.24, 2.45) is 0 Å². The lowest BCUT2D eigenvalue weighted by Crippen LogP contribution is -2.10. The van der Waals surface area contributed by atoms with E-state index in [0.29, 0.717) is 23.1 Å². The summed E-state index contributed by atoms with van der Waals surface area (Å²) >= 11 is 0. The maximum Gasteiger partial charge on any atom is 0.292 e. The smallest absolute Gasteiger partial charge is 0.292 e. The number of methoxy groups -OCH3 is 1. The van der Waals surface area contributed by atoms with Crippen molar-refractivity contribution < 1.29 is 23.2 Å². The zero-order chi connectivity index (χ0) is 16.1. The first kappa shape index (κ1) is 14.7. The van der Waals surface area contributed by atoms with Gasteiger partial charge in [-0.2, -0.15) is 0 Å². The molecule has 0 aliphatic rings. The predicted molar refractivity (Wildman–Crippen MR) is 80.5 cm³/mol. The van der Waals surface area contributed by atoms with E-state index < -0.39 is 5.91 Å². The Labute approximate surface area is 131 Å². The van der Waals surface area contributed by atoms with Gasteiger partial charge in [-0.3, -0.25) is 4.79 Å². The number of amides is 1. The molecule has 0 atom stereocenters. The molecule has 1 amide bonds. The molecule has 0 fully saturated rings. The average Bonchev–Trinajstić information content (AvgIpc) is 3.24. The second-order valence-electron chi connectivity index (χ2n) is 4.57. The minimum Gasteiger partial charge on any atom is -0.497 e. The van der Waals surface area contributed by atoms with E-state index in [9.17, 15) is 4.79 Å². The first-order chi connectivity index (χ1) is 11.2. The van der Waals surface area contributed by atoms with Crippen LogP contribution in [0.15, 0.2) is 57.7 Å². The molecular weight excluding hydrogens is 300 g/mol. The van der Waals surface area contributed by atoms with Gasteiger partial charge in [0.05, 0.1) is 7.11 Å². The highest BCUT2D eigenvalue weighted by Crippen LogP contribution is 2.20. The number of aromatic nitrogens is 1. The van der Waals surface area contributed by atoms with E-state index in [2.05, 4.69) is 15.0 Å². The Morgan fingerprint density at radius 3 is 2.87 bits per heavy atom. The highest BCUT2D eigenvalue weighted by Gasteiger charge is 2.13. The molecule has 7 nitrogen and oxygen atoms in total. The first-order valence-corrected chi connectivity index (χ1v) is 6.82. The number of hydrogen-bond acceptors (Lipinski definition) is 6. The molecule has 0 unspecified atom stereocenters. The van der Waals surface area contributed by atoms with Crippen molar-refractivity contribution >= 4 is 11.7 Å². The van der Waals surface area contributed by atoms with E-state index in [1.54, 1.807) is 25.3 Å². The predicted octanol–water partition coefficient (Wildman–Crippen LogP) is 3.11. The summed E-state index contributed by atoms with van der Waals surface area (Å²) in [5.74, 6) is 1.95. The Hall–Kier alpha value is -3.22. The maximum absolute atomic E-state index is 11.9. The summed E-state index contributed by atoms with van der Waals surface area (Å²) in [6.45, 7) is 0.199. The van der Waals surface area contributed by atoms with Crippen LogP contribution in [-0.2, 0) is 6.61 Å². The molecule has 0 spiro atoms. The number of carbonyl (C=O) groups excluding carboxylic acids is 1. The number of nitrogens with one attached hydrogen (secondary N) is 1. The number of ether oxygens (including phenoxy) is 2. The van der Waals surface area contributed by atoms with Gasteiger partial charge in [-0.15, -0.1) is 0 Å². The topological polar surface area (TPSA) is 86.7 Å². The maximum atomic E-state index is 11.9. The fourth-order valence-electron chi connectivity index (χ4n) is 1.88. The molecular formula is C16H14N2O5. The van der Waals surface area contributed by atoms with Gasteiger partial charge >= 0.3 is 0 Å². The molecule has 3 rings (SSSR count). The van der Waals surface area contributed by atoms with Crippen LogP contribution >= 0.6 is 0 Å². The summed E-state index contributed by atoms with van der Waals surface area (Å²) in [7, 11) is 1.59. The lowest BCUT2D eigenvalue weighted by Gasteiger charge is -2.06. The summed E-state index contributed by atoms with van der Waals surface area (Å²) in [5, 5.41) is 6.14. The third kappa shape index (κ3) is 3.70. The number of nitrogens with zero attached hydrogens (tertiary/aromatic N) is 1. The second-order valence-corrected chi connectivity index (χ2v) is 4.57. The highest BCUT2D eigenvalue weighted by atomic mass is 16.5. The number of benzene rings is 1. The lowest BCUT2D eigenvalue weighted by atomic mass is 10.3. The van der Waals surface area contributed by atoms with E-state index in [1.165, 1.54) is 12.3 Å². The van der Waals surface area contributed by atoms with Gasteiger partial charge < -0.3 is 23.7 Å². The van der Waals surface area contributed by atoms with Gasteiger partial charge in [-0.05, 0) is 24.3 Å². The van der Waals surface area contributed by atoms with Crippen LogP contribution in [0.25, 0.3) is 0 Å². The van der Waals surface area contributed by atoms with Gasteiger partial charge in [0.1, 0.15) is 30.1 Å². The fourth-order valence-corrected chi connectivity index (χ4v) is 1.88. The lowest BCUT2D eigenvalue weighted by molar-refractivity contribution is 0.0991. The largest absolute Gasteiger partial charge is 0.497 e. The van der Waals surface area contributed by atoms with Crippen LogP contribution < -0.4 is 14.8 Å². The molecule has 0 saturated heterocycles. The van der Waals surface area contributed by atoms with Gasteiger partial charge in [0.25, 0.3) is 5.91 Å². The monoisotopic (exact) mass is 314 g/mol. The van der Waals surface area contributed by atoms with Crippen LogP contribution in [0.5, 0.6) is 11.5 Å². The molecule has 0 aliphatic carbocycles. The molecule has 0 bridgehead atoms. The van der Waals surface area contributed by atoms with Crippen molar-refractivity contribution in [1.29, 1.82) is 0 Å². The van der Waals surface area contributed by atoms with Crippen molar-refractivity contribution in [2.45, 2.75) is 6.61 Å². The Morgan fingerprint density at radius 1 is 1.22 bits per heavy atom. The number of hydrogen-bond donors (Lipinski definition) is 1. The van der Waals surface area contributed by atoms with Crippen LogP contribution in [0, 0.1) is 0 Å². The number of carbonyl (C=O) groups is 1. The molecule has 0 aliphatic heterocycles. The molecule has 2 aromatic heterocycles. The summed E-state index contributed by atoms with van der Waals surface area (Å²) < 4.78 is 20.8. The van der Waals surface area contributed by atoms with Crippen molar-refractivity contribution in [3.8, 4) is 11.5 Å². The number of rotatable bonds is 6. The Bertz CT molecular complexity index is 779. The van der Waals surface area contributed by atoms with Crippen molar-refractivity contribution in [1.82, 2.24) is 5.16 Å². The van der Waals surface area contributed by atoms with E-state index in [0.717, 1.165) is 0 Å². The standard InChI is InChI=1S/C16H14N2O5/c1-20-11-3-2-4-12(9-11)21-10-13-5-6-14(23-13)16(19)17-15-7-8-22-18-15/h2-9H,10H2,1H3,(H,17,18,19). The van der Waals surface area contributed by atoms with Crippen LogP contribution in [0.2, 0.25) is 0 Å². The van der Waals surface area contributed by atoms with Gasteiger partial charge in [0.2, 0.25) is 0 Å². The zero-order valence-electron chi connectivity index (χ0n) is 12.3. The van der Waals surface area contributed by atoms with Crippen LogP contribution in [-0.4, -0.2) is 18.2 Å². The van der Waals surface area contributed by atoms with E-state index >= 15 is 0 Å². The summed E-state index contributed by atoms with van der Waals surface area (Å²) in [6, 6.07) is 12.0. The van der Waals surface area contributed by atoms with E-state index in [4.69, 9.17) is 13.9 Å². The van der Waals surface area contributed by atoms with Crippen molar-refractivity contribution in [2.75, 3.05) is 12.4 Å². The van der Waals surface area contributed by atoms with Crippen molar-refractivity contribution in [3.63, 3.8) is 0 Å². The Balaban J connectivity index is 1.59. The normalized spacial score (nSPS) is 10.3. The quantitative estimate of drug-likeness (QED) is 0.752. The molecule has 0 saturated carbocycles.